The standard InChI is InChI=1S/C15H24N4O.2ClH/c16-10-12-5-4-8-19(12)15(20)14-9-13(11-17-14)18-6-2-1-3-7-18;;/h12-14,17H,1-9,11H2;2*1H/t12?,13-,14-;;/m0../s1. The van der Waals surface area contributed by atoms with Crippen molar-refractivity contribution in [1.82, 2.24) is 15.1 Å². The van der Waals surface area contributed by atoms with Crippen LogP contribution in [0.5, 0.6) is 0 Å². The van der Waals surface area contributed by atoms with E-state index in [0.717, 1.165) is 32.4 Å². The van der Waals surface area contributed by atoms with Crippen molar-refractivity contribution >= 4 is 30.7 Å². The first-order valence-corrected chi connectivity index (χ1v) is 7.97. The summed E-state index contributed by atoms with van der Waals surface area (Å²) in [6.45, 7) is 4.03. The van der Waals surface area contributed by atoms with Crippen LogP contribution in [0.15, 0.2) is 0 Å². The number of piperidine rings is 1. The van der Waals surface area contributed by atoms with Gasteiger partial charge in [0.2, 0.25) is 5.91 Å². The van der Waals surface area contributed by atoms with E-state index >= 15 is 0 Å². The molecule has 0 aliphatic carbocycles. The summed E-state index contributed by atoms with van der Waals surface area (Å²) in [6.07, 6.45) is 6.64. The number of nitrogens with one attached hydrogen (secondary N) is 1. The number of amides is 1. The Morgan fingerprint density at radius 2 is 1.82 bits per heavy atom. The molecule has 3 atom stereocenters. The zero-order chi connectivity index (χ0) is 13.9. The van der Waals surface area contributed by atoms with Crippen LogP contribution in [0.1, 0.15) is 38.5 Å². The summed E-state index contributed by atoms with van der Waals surface area (Å²) >= 11 is 0. The molecular formula is C15H26Cl2N4O. The van der Waals surface area contributed by atoms with Gasteiger partial charge in [0.05, 0.1) is 12.1 Å². The Balaban J connectivity index is 0.00000121. The second-order valence-corrected chi connectivity index (χ2v) is 6.27. The molecule has 3 aliphatic heterocycles. The lowest BCUT2D eigenvalue weighted by molar-refractivity contribution is -0.133. The molecule has 0 radical (unpaired) electrons. The minimum atomic E-state index is -0.196. The van der Waals surface area contributed by atoms with Crippen LogP contribution >= 0.6 is 24.8 Å². The molecule has 0 aromatic heterocycles. The van der Waals surface area contributed by atoms with Gasteiger partial charge in [-0.3, -0.25) is 9.69 Å². The predicted molar refractivity (Wildman–Crippen MR) is 90.5 cm³/mol. The fourth-order valence-electron chi connectivity index (χ4n) is 3.83. The first kappa shape index (κ1) is 19.5. The molecule has 0 saturated carbocycles. The minimum Gasteiger partial charge on any atom is -0.325 e. The molecule has 3 fully saturated rings. The van der Waals surface area contributed by atoms with Crippen molar-refractivity contribution in [3.05, 3.63) is 0 Å². The minimum absolute atomic E-state index is 0. The van der Waals surface area contributed by atoms with Gasteiger partial charge in [0.25, 0.3) is 0 Å². The molecule has 0 spiro atoms. The van der Waals surface area contributed by atoms with Crippen LogP contribution in [0.3, 0.4) is 0 Å². The van der Waals surface area contributed by atoms with Crippen molar-refractivity contribution in [2.24, 2.45) is 0 Å². The van der Waals surface area contributed by atoms with E-state index in [-0.39, 0.29) is 42.8 Å². The third kappa shape index (κ3) is 4.05. The zero-order valence-corrected chi connectivity index (χ0v) is 14.5. The molecule has 7 heteroatoms. The molecular weight excluding hydrogens is 323 g/mol. The summed E-state index contributed by atoms with van der Waals surface area (Å²) in [5.41, 5.74) is 0. The lowest BCUT2D eigenvalue weighted by Gasteiger charge is -2.31. The van der Waals surface area contributed by atoms with Crippen molar-refractivity contribution in [3.63, 3.8) is 0 Å². The van der Waals surface area contributed by atoms with Crippen LogP contribution in [-0.4, -0.2) is 60.0 Å². The third-order valence-corrected chi connectivity index (χ3v) is 5.00. The topological polar surface area (TPSA) is 59.4 Å². The number of hydrogen-bond acceptors (Lipinski definition) is 4. The first-order chi connectivity index (χ1) is 9.79. The smallest absolute Gasteiger partial charge is 0.240 e. The maximum absolute atomic E-state index is 12.5. The molecule has 1 unspecified atom stereocenters. The number of carbonyl (C=O) groups excluding carboxylic acids is 1. The van der Waals surface area contributed by atoms with Gasteiger partial charge in [-0.2, -0.15) is 5.26 Å². The maximum Gasteiger partial charge on any atom is 0.240 e. The molecule has 3 heterocycles. The molecule has 3 rings (SSSR count). The Bertz CT molecular complexity index is 409. The number of halogens is 2. The van der Waals surface area contributed by atoms with Crippen LogP contribution in [0.2, 0.25) is 0 Å². The molecule has 1 N–H and O–H groups in total. The van der Waals surface area contributed by atoms with Gasteiger partial charge in [0.15, 0.2) is 0 Å². The molecule has 3 aliphatic rings. The summed E-state index contributed by atoms with van der Waals surface area (Å²) in [4.78, 5) is 16.9. The van der Waals surface area contributed by atoms with E-state index in [0.29, 0.717) is 6.04 Å². The summed E-state index contributed by atoms with van der Waals surface area (Å²) in [5, 5.41) is 12.5. The van der Waals surface area contributed by atoms with E-state index < -0.39 is 0 Å². The number of likely N-dealkylation sites (tertiary alicyclic amines) is 2. The van der Waals surface area contributed by atoms with Gasteiger partial charge in [-0.25, -0.2) is 0 Å². The van der Waals surface area contributed by atoms with Crippen LogP contribution < -0.4 is 5.32 Å². The quantitative estimate of drug-likeness (QED) is 0.822. The van der Waals surface area contributed by atoms with Gasteiger partial charge < -0.3 is 10.2 Å². The molecule has 126 valence electrons. The largest absolute Gasteiger partial charge is 0.325 e. The SMILES string of the molecule is Cl.Cl.N#CC1CCCN1C(=O)[C@@H]1C[C@H](N2CCCCC2)CN1. The van der Waals surface area contributed by atoms with E-state index in [1.54, 1.807) is 4.90 Å². The zero-order valence-electron chi connectivity index (χ0n) is 12.9. The highest BCUT2D eigenvalue weighted by molar-refractivity contribution is 5.85. The van der Waals surface area contributed by atoms with Crippen LogP contribution in [0.4, 0.5) is 0 Å². The molecule has 0 bridgehead atoms. The second-order valence-electron chi connectivity index (χ2n) is 6.27. The monoisotopic (exact) mass is 348 g/mol. The fraction of sp³-hybridized carbons (Fsp3) is 0.867. The van der Waals surface area contributed by atoms with E-state index in [4.69, 9.17) is 5.26 Å². The Labute approximate surface area is 145 Å². The molecule has 0 aromatic rings. The Morgan fingerprint density at radius 1 is 1.09 bits per heavy atom. The van der Waals surface area contributed by atoms with Crippen molar-refractivity contribution in [2.75, 3.05) is 26.2 Å². The van der Waals surface area contributed by atoms with Crippen molar-refractivity contribution in [1.29, 1.82) is 5.26 Å². The summed E-state index contributed by atoms with van der Waals surface area (Å²) in [6, 6.07) is 2.50. The highest BCUT2D eigenvalue weighted by atomic mass is 35.5. The number of carbonyl (C=O) groups is 1. The van der Waals surface area contributed by atoms with Crippen LogP contribution in [0.25, 0.3) is 0 Å². The van der Waals surface area contributed by atoms with Crippen LogP contribution in [0, 0.1) is 11.3 Å². The lowest BCUT2D eigenvalue weighted by Crippen LogP contribution is -2.45. The first-order valence-electron chi connectivity index (χ1n) is 7.97. The van der Waals surface area contributed by atoms with E-state index in [9.17, 15) is 4.79 Å². The third-order valence-electron chi connectivity index (χ3n) is 5.00. The fourth-order valence-corrected chi connectivity index (χ4v) is 3.83. The molecule has 3 saturated heterocycles. The molecule has 22 heavy (non-hydrogen) atoms. The number of rotatable bonds is 2. The van der Waals surface area contributed by atoms with E-state index in [1.807, 2.05) is 0 Å². The number of nitriles is 1. The number of nitrogens with zero attached hydrogens (tertiary/aromatic N) is 3. The van der Waals surface area contributed by atoms with Crippen molar-refractivity contribution < 1.29 is 4.79 Å². The average Bonchev–Trinajstić information content (AvgIpc) is 3.16. The Hall–Kier alpha value is -0.540. The Morgan fingerprint density at radius 3 is 2.50 bits per heavy atom. The van der Waals surface area contributed by atoms with Gasteiger partial charge >= 0.3 is 0 Å². The second kappa shape index (κ2) is 8.93. The molecule has 0 aromatic carbocycles. The van der Waals surface area contributed by atoms with Crippen molar-refractivity contribution in [2.45, 2.75) is 56.7 Å². The summed E-state index contributed by atoms with van der Waals surface area (Å²) in [5.74, 6) is 0.147. The van der Waals surface area contributed by atoms with Crippen molar-refractivity contribution in [3.8, 4) is 6.07 Å². The highest BCUT2D eigenvalue weighted by Crippen LogP contribution is 2.23. The van der Waals surface area contributed by atoms with Crippen LogP contribution in [-0.2, 0) is 4.79 Å². The maximum atomic E-state index is 12.5. The lowest BCUT2D eigenvalue weighted by atomic mass is 10.1. The van der Waals surface area contributed by atoms with Gasteiger partial charge in [-0.15, -0.1) is 24.8 Å². The van der Waals surface area contributed by atoms with Gasteiger partial charge in [-0.05, 0) is 45.2 Å². The predicted octanol–water partition coefficient (Wildman–Crippen LogP) is 1.56. The van der Waals surface area contributed by atoms with E-state index in [1.165, 1.54) is 32.4 Å². The van der Waals surface area contributed by atoms with Gasteiger partial charge in [0, 0.05) is 19.1 Å². The van der Waals surface area contributed by atoms with Gasteiger partial charge in [0.1, 0.15) is 6.04 Å². The summed E-state index contributed by atoms with van der Waals surface area (Å²) in [7, 11) is 0. The summed E-state index contributed by atoms with van der Waals surface area (Å²) < 4.78 is 0. The Kier molecular flexibility index (Phi) is 7.92. The molecule has 1 amide bonds. The number of hydrogen-bond donors (Lipinski definition) is 1. The highest BCUT2D eigenvalue weighted by Gasteiger charge is 2.38. The average molecular weight is 349 g/mol. The van der Waals surface area contributed by atoms with Gasteiger partial charge in [-0.1, -0.05) is 6.42 Å². The molecule has 5 nitrogen and oxygen atoms in total. The normalized spacial score (nSPS) is 32.0. The van der Waals surface area contributed by atoms with E-state index in [2.05, 4.69) is 16.3 Å².